The third-order valence-electron chi connectivity index (χ3n) is 5.12. The Labute approximate surface area is 175 Å². The van der Waals surface area contributed by atoms with Crippen LogP contribution in [0.15, 0.2) is 29.6 Å². The van der Waals surface area contributed by atoms with Gasteiger partial charge in [-0.15, -0.1) is 0 Å². The molecule has 0 bridgehead atoms. The van der Waals surface area contributed by atoms with Crippen molar-refractivity contribution >= 4 is 10.9 Å². The highest BCUT2D eigenvalue weighted by molar-refractivity contribution is 5.89. The number of aromatic amines is 1. The van der Waals surface area contributed by atoms with Crippen LogP contribution < -0.4 is 10.3 Å². The highest BCUT2D eigenvalue weighted by atomic mass is 19.4. The number of nitrogens with zero attached hydrogens (tertiary/aromatic N) is 6. The number of nitrogens with one attached hydrogen (secondary N) is 1. The van der Waals surface area contributed by atoms with Crippen molar-refractivity contribution < 1.29 is 17.9 Å². The minimum atomic E-state index is -4.55. The first-order chi connectivity index (χ1) is 14.8. The zero-order valence-corrected chi connectivity index (χ0v) is 16.9. The number of halogens is 3. The lowest BCUT2D eigenvalue weighted by Gasteiger charge is -2.32. The molecule has 0 spiro atoms. The number of piperazine rings is 1. The van der Waals surface area contributed by atoms with E-state index in [1.165, 1.54) is 12.3 Å². The average molecular weight is 437 g/mol. The van der Waals surface area contributed by atoms with Crippen LogP contribution in [0.2, 0.25) is 0 Å². The molecular formula is C19H22F3N7O2. The van der Waals surface area contributed by atoms with Crippen LogP contribution in [-0.4, -0.2) is 86.9 Å². The van der Waals surface area contributed by atoms with Crippen LogP contribution in [0.25, 0.3) is 22.3 Å². The molecule has 3 aromatic rings. The van der Waals surface area contributed by atoms with Gasteiger partial charge in [-0.05, 0) is 13.1 Å². The summed E-state index contributed by atoms with van der Waals surface area (Å²) >= 11 is 0. The topological polar surface area (TPSA) is 92.2 Å². The second kappa shape index (κ2) is 8.63. The van der Waals surface area contributed by atoms with Gasteiger partial charge in [0, 0.05) is 51.7 Å². The molecule has 12 heteroatoms. The summed E-state index contributed by atoms with van der Waals surface area (Å²) in [4.78, 5) is 31.8. The van der Waals surface area contributed by atoms with Gasteiger partial charge in [-0.3, -0.25) is 19.7 Å². The maximum absolute atomic E-state index is 12.5. The molecule has 3 aromatic heterocycles. The Hall–Kier alpha value is -2.99. The highest BCUT2D eigenvalue weighted by Gasteiger charge is 2.29. The fraction of sp³-hybridized carbons (Fsp3) is 0.474. The van der Waals surface area contributed by atoms with E-state index in [9.17, 15) is 18.0 Å². The molecule has 166 valence electrons. The number of hydrogen-bond donors (Lipinski definition) is 1. The smallest absolute Gasteiger partial charge is 0.422 e. The number of H-pyrrole nitrogens is 1. The van der Waals surface area contributed by atoms with Crippen molar-refractivity contribution in [3.8, 4) is 17.4 Å². The summed E-state index contributed by atoms with van der Waals surface area (Å²) in [6, 6.07) is 0.932. The molecule has 4 rings (SSSR count). The summed E-state index contributed by atoms with van der Waals surface area (Å²) in [6.07, 6.45) is 0.346. The lowest BCUT2D eigenvalue weighted by Crippen LogP contribution is -2.45. The first-order valence-electron chi connectivity index (χ1n) is 9.80. The fourth-order valence-electron chi connectivity index (χ4n) is 3.38. The number of likely N-dealkylation sites (N-methyl/N-ethyl adjacent to an activating group) is 1. The van der Waals surface area contributed by atoms with Crippen molar-refractivity contribution in [1.29, 1.82) is 0 Å². The molecule has 0 atom stereocenters. The van der Waals surface area contributed by atoms with Crippen LogP contribution >= 0.6 is 0 Å². The molecule has 0 amide bonds. The van der Waals surface area contributed by atoms with Gasteiger partial charge in [0.2, 0.25) is 0 Å². The molecule has 9 nitrogen and oxygen atoms in total. The minimum absolute atomic E-state index is 0.132. The average Bonchev–Trinajstić information content (AvgIpc) is 3.20. The molecule has 31 heavy (non-hydrogen) atoms. The molecule has 0 saturated carbocycles. The Bertz CT molecular complexity index is 1100. The van der Waals surface area contributed by atoms with E-state index >= 15 is 0 Å². The number of ether oxygens (including phenoxy) is 1. The van der Waals surface area contributed by atoms with Crippen LogP contribution in [0.5, 0.6) is 6.01 Å². The number of fused-ring (bicyclic) bond motifs is 1. The van der Waals surface area contributed by atoms with Crippen molar-refractivity contribution in [3.63, 3.8) is 0 Å². The summed E-state index contributed by atoms with van der Waals surface area (Å²) < 4.78 is 43.9. The van der Waals surface area contributed by atoms with Crippen molar-refractivity contribution in [2.45, 2.75) is 12.7 Å². The largest absolute Gasteiger partial charge is 0.455 e. The lowest BCUT2D eigenvalue weighted by molar-refractivity contribution is -0.154. The first-order valence-corrected chi connectivity index (χ1v) is 9.80. The molecule has 1 aliphatic rings. The van der Waals surface area contributed by atoms with Gasteiger partial charge >= 0.3 is 6.18 Å². The number of rotatable bonds is 6. The third kappa shape index (κ3) is 5.20. The number of imidazole rings is 1. The van der Waals surface area contributed by atoms with E-state index in [2.05, 4.69) is 41.5 Å². The predicted molar refractivity (Wildman–Crippen MR) is 107 cm³/mol. The Morgan fingerprint density at radius 2 is 1.94 bits per heavy atom. The molecular weight excluding hydrogens is 415 g/mol. The normalized spacial score (nSPS) is 16.1. The van der Waals surface area contributed by atoms with Gasteiger partial charge in [0.25, 0.3) is 11.6 Å². The summed E-state index contributed by atoms with van der Waals surface area (Å²) in [7, 11) is 2.11. The first kappa shape index (κ1) is 21.2. The van der Waals surface area contributed by atoms with E-state index in [1.807, 2.05) is 4.57 Å². The Kier molecular flexibility index (Phi) is 5.92. The van der Waals surface area contributed by atoms with Gasteiger partial charge in [0.15, 0.2) is 6.61 Å². The molecule has 1 fully saturated rings. The SMILES string of the molecule is CN1CCN(CCn2cnc(-c3nccc4c(=O)[nH]c(OCC(F)(F)F)nc34)c2)CC1. The minimum Gasteiger partial charge on any atom is -0.455 e. The Morgan fingerprint density at radius 3 is 2.68 bits per heavy atom. The molecule has 0 aromatic carbocycles. The zero-order valence-electron chi connectivity index (χ0n) is 16.9. The fourth-order valence-corrected chi connectivity index (χ4v) is 3.38. The van der Waals surface area contributed by atoms with E-state index in [0.29, 0.717) is 11.4 Å². The maximum atomic E-state index is 12.5. The lowest BCUT2D eigenvalue weighted by atomic mass is 10.2. The van der Waals surface area contributed by atoms with Crippen LogP contribution in [0.4, 0.5) is 13.2 Å². The zero-order chi connectivity index (χ0) is 22.0. The monoisotopic (exact) mass is 437 g/mol. The number of aromatic nitrogens is 5. The standard InChI is InChI=1S/C19H22F3N7O2/c1-27-4-6-28(7-5-27)8-9-29-10-14(24-12-29)16-15-13(2-3-23-16)17(30)26-18(25-15)31-11-19(20,21)22/h2-3,10,12H,4-9,11H2,1H3,(H,25,26,30). The highest BCUT2D eigenvalue weighted by Crippen LogP contribution is 2.23. The van der Waals surface area contributed by atoms with Gasteiger partial charge in [-0.2, -0.15) is 18.2 Å². The summed E-state index contributed by atoms with van der Waals surface area (Å²) in [6.45, 7) is 4.14. The van der Waals surface area contributed by atoms with Gasteiger partial charge in [0.1, 0.15) is 16.9 Å². The third-order valence-corrected chi connectivity index (χ3v) is 5.12. The number of hydrogen-bond acceptors (Lipinski definition) is 7. The summed E-state index contributed by atoms with van der Waals surface area (Å²) in [5, 5.41) is 0.191. The summed E-state index contributed by atoms with van der Waals surface area (Å²) in [5.41, 5.74) is 0.302. The van der Waals surface area contributed by atoms with E-state index in [1.54, 1.807) is 12.5 Å². The van der Waals surface area contributed by atoms with Crippen LogP contribution in [0, 0.1) is 0 Å². The molecule has 0 radical (unpaired) electrons. The van der Waals surface area contributed by atoms with E-state index in [0.717, 1.165) is 39.3 Å². The van der Waals surface area contributed by atoms with E-state index < -0.39 is 24.4 Å². The van der Waals surface area contributed by atoms with Crippen molar-refractivity contribution in [3.05, 3.63) is 35.1 Å². The Balaban J connectivity index is 1.55. The molecule has 0 unspecified atom stereocenters. The molecule has 1 saturated heterocycles. The quantitative estimate of drug-likeness (QED) is 0.623. The number of pyridine rings is 1. The van der Waals surface area contributed by atoms with Crippen molar-refractivity contribution in [2.24, 2.45) is 0 Å². The second-order valence-corrected chi connectivity index (χ2v) is 7.47. The van der Waals surface area contributed by atoms with E-state index in [-0.39, 0.29) is 10.9 Å². The van der Waals surface area contributed by atoms with Crippen LogP contribution in [0.1, 0.15) is 0 Å². The molecule has 1 N–H and O–H groups in total. The van der Waals surface area contributed by atoms with Gasteiger partial charge in [-0.25, -0.2) is 4.98 Å². The van der Waals surface area contributed by atoms with E-state index in [4.69, 9.17) is 0 Å². The van der Waals surface area contributed by atoms with Gasteiger partial charge < -0.3 is 14.2 Å². The van der Waals surface area contributed by atoms with Crippen molar-refractivity contribution in [2.75, 3.05) is 46.4 Å². The van der Waals surface area contributed by atoms with Gasteiger partial charge in [0.05, 0.1) is 11.7 Å². The second-order valence-electron chi connectivity index (χ2n) is 7.47. The van der Waals surface area contributed by atoms with Crippen LogP contribution in [-0.2, 0) is 6.54 Å². The van der Waals surface area contributed by atoms with Crippen molar-refractivity contribution in [1.82, 2.24) is 34.3 Å². The Morgan fingerprint density at radius 1 is 1.16 bits per heavy atom. The number of alkyl halides is 3. The summed E-state index contributed by atoms with van der Waals surface area (Å²) in [5.74, 6) is 0. The molecule has 4 heterocycles. The molecule has 0 aliphatic carbocycles. The van der Waals surface area contributed by atoms with Gasteiger partial charge in [-0.1, -0.05) is 0 Å². The maximum Gasteiger partial charge on any atom is 0.422 e. The molecule has 1 aliphatic heterocycles. The van der Waals surface area contributed by atoms with Crippen LogP contribution in [0.3, 0.4) is 0 Å². The predicted octanol–water partition coefficient (Wildman–Crippen LogP) is 1.37.